The molecule has 0 bridgehead atoms. The van der Waals surface area contributed by atoms with E-state index < -0.39 is 6.80 Å². The molecule has 0 spiro atoms. The largest absolute Gasteiger partial charge is 0.383 e. The quantitative estimate of drug-likeness (QED) is 0.573. The van der Waals surface area contributed by atoms with Gasteiger partial charge in [-0.1, -0.05) is 24.3 Å². The molecule has 1 unspecified atom stereocenters. The Labute approximate surface area is 111 Å². The predicted octanol–water partition coefficient (Wildman–Crippen LogP) is 2.48. The van der Waals surface area contributed by atoms with E-state index in [2.05, 4.69) is 23.5 Å². The van der Waals surface area contributed by atoms with Crippen molar-refractivity contribution in [2.75, 3.05) is 12.3 Å². The Bertz CT molecular complexity index is 449. The summed E-state index contributed by atoms with van der Waals surface area (Å²) in [5.74, 6) is 0.505. The van der Waals surface area contributed by atoms with Crippen LogP contribution in [0.1, 0.15) is 30.0 Å². The van der Waals surface area contributed by atoms with Crippen LogP contribution in [0.15, 0.2) is 24.3 Å². The highest BCUT2D eigenvalue weighted by atomic mass is 32.7. The second-order valence-corrected chi connectivity index (χ2v) is 8.27. The van der Waals surface area contributed by atoms with Gasteiger partial charge in [-0.05, 0) is 48.3 Å². The Morgan fingerprint density at radius 2 is 2.17 bits per heavy atom. The van der Waals surface area contributed by atoms with E-state index in [0.29, 0.717) is 11.8 Å². The zero-order chi connectivity index (χ0) is 13.0. The van der Waals surface area contributed by atoms with Crippen LogP contribution in [0.2, 0.25) is 0 Å². The third-order valence-electron chi connectivity index (χ3n) is 3.11. The fraction of sp³-hybridized carbons (Fsp3) is 0.500. The zero-order valence-electron chi connectivity index (χ0n) is 10.1. The van der Waals surface area contributed by atoms with Gasteiger partial charge < -0.3 is 15.1 Å². The molecule has 0 aromatic heterocycles. The molecule has 2 rings (SSSR count). The molecular weight excluding hydrogens is 269 g/mol. The van der Waals surface area contributed by atoms with Gasteiger partial charge in [0.2, 0.25) is 0 Å². The molecule has 3 N–H and O–H groups in total. The van der Waals surface area contributed by atoms with Gasteiger partial charge in [0.1, 0.15) is 0 Å². The van der Waals surface area contributed by atoms with Gasteiger partial charge in [0, 0.05) is 11.8 Å². The average molecular weight is 287 g/mol. The Morgan fingerprint density at radius 1 is 1.39 bits per heavy atom. The van der Waals surface area contributed by atoms with E-state index in [9.17, 15) is 4.57 Å². The molecule has 18 heavy (non-hydrogen) atoms. The molecule has 0 saturated carbocycles. The molecule has 0 fully saturated rings. The van der Waals surface area contributed by atoms with Crippen LogP contribution in [0.4, 0.5) is 0 Å². The number of nitrogens with one attached hydrogen (secondary N) is 1. The van der Waals surface area contributed by atoms with Crippen molar-refractivity contribution < 1.29 is 14.4 Å². The standard InChI is InChI=1S/C12H18NO3PS/c14-17(15,16)18-9-3-6-12-11-5-2-1-4-10(11)7-8-13-12/h1-2,4-5,12-13H,3,6-9H2,(H2,14,15,16). The molecule has 100 valence electrons. The molecule has 1 heterocycles. The van der Waals surface area contributed by atoms with Crippen molar-refractivity contribution in [1.29, 1.82) is 0 Å². The number of fused-ring (bicyclic) bond motifs is 1. The van der Waals surface area contributed by atoms with Crippen LogP contribution in [0, 0.1) is 0 Å². The third kappa shape index (κ3) is 4.11. The normalized spacial score (nSPS) is 19.6. The minimum Gasteiger partial charge on any atom is -0.317 e. The fourth-order valence-corrected chi connectivity index (χ4v) is 3.96. The summed E-state index contributed by atoms with van der Waals surface area (Å²) in [6.45, 7) is -2.93. The van der Waals surface area contributed by atoms with Gasteiger partial charge in [-0.3, -0.25) is 0 Å². The minimum absolute atomic E-state index is 0.326. The van der Waals surface area contributed by atoms with Crippen LogP contribution in [0.5, 0.6) is 0 Å². The second kappa shape index (κ2) is 6.22. The van der Waals surface area contributed by atoms with E-state index in [1.165, 1.54) is 11.1 Å². The number of benzene rings is 1. The lowest BCUT2D eigenvalue weighted by Gasteiger charge is -2.26. The van der Waals surface area contributed by atoms with E-state index in [4.69, 9.17) is 9.79 Å². The van der Waals surface area contributed by atoms with Crippen molar-refractivity contribution >= 4 is 18.2 Å². The van der Waals surface area contributed by atoms with E-state index >= 15 is 0 Å². The summed E-state index contributed by atoms with van der Waals surface area (Å²) in [5.41, 5.74) is 2.73. The number of hydrogen-bond acceptors (Lipinski definition) is 3. The van der Waals surface area contributed by atoms with Gasteiger partial charge in [-0.25, -0.2) is 4.57 Å². The van der Waals surface area contributed by atoms with Gasteiger partial charge in [0.05, 0.1) is 0 Å². The summed E-state index contributed by atoms with van der Waals surface area (Å²) in [6, 6.07) is 8.73. The van der Waals surface area contributed by atoms with Crippen molar-refractivity contribution in [3.63, 3.8) is 0 Å². The van der Waals surface area contributed by atoms with E-state index in [-0.39, 0.29) is 0 Å². The monoisotopic (exact) mass is 287 g/mol. The number of rotatable bonds is 5. The first-order valence-electron chi connectivity index (χ1n) is 6.07. The highest BCUT2D eigenvalue weighted by molar-refractivity contribution is 8.54. The fourth-order valence-electron chi connectivity index (χ4n) is 2.32. The van der Waals surface area contributed by atoms with Gasteiger partial charge in [0.25, 0.3) is 0 Å². The smallest absolute Gasteiger partial charge is 0.317 e. The lowest BCUT2D eigenvalue weighted by atomic mass is 9.92. The summed E-state index contributed by atoms with van der Waals surface area (Å²) in [7, 11) is 0. The van der Waals surface area contributed by atoms with Gasteiger partial charge in [-0.2, -0.15) is 0 Å². The van der Waals surface area contributed by atoms with Crippen LogP contribution in [-0.2, 0) is 11.0 Å². The molecule has 0 saturated heterocycles. The predicted molar refractivity (Wildman–Crippen MR) is 74.6 cm³/mol. The van der Waals surface area contributed by atoms with Crippen molar-refractivity contribution in [3.8, 4) is 0 Å². The van der Waals surface area contributed by atoms with E-state index in [1.807, 2.05) is 6.07 Å². The van der Waals surface area contributed by atoms with Crippen LogP contribution in [0.25, 0.3) is 0 Å². The second-order valence-electron chi connectivity index (χ2n) is 4.42. The Hall–Kier alpha value is -0.320. The summed E-state index contributed by atoms with van der Waals surface area (Å²) < 4.78 is 10.7. The highest BCUT2D eigenvalue weighted by Gasteiger charge is 2.19. The molecule has 0 amide bonds. The highest BCUT2D eigenvalue weighted by Crippen LogP contribution is 2.50. The number of hydrogen-bond donors (Lipinski definition) is 3. The first-order chi connectivity index (χ1) is 8.56. The zero-order valence-corrected chi connectivity index (χ0v) is 11.8. The maximum Gasteiger partial charge on any atom is 0.383 e. The lowest BCUT2D eigenvalue weighted by Crippen LogP contribution is -2.29. The molecule has 1 aromatic rings. The Kier molecular flexibility index (Phi) is 4.87. The molecule has 1 atom stereocenters. The molecule has 1 aromatic carbocycles. The molecule has 0 radical (unpaired) electrons. The van der Waals surface area contributed by atoms with Crippen molar-refractivity contribution in [2.24, 2.45) is 0 Å². The summed E-state index contributed by atoms with van der Waals surface area (Å²) in [6.07, 6.45) is 2.79. The van der Waals surface area contributed by atoms with E-state index in [0.717, 1.165) is 37.2 Å². The SMILES string of the molecule is O=P(O)(O)SCCCC1NCCc2ccccc21. The minimum atomic E-state index is -3.91. The third-order valence-corrected chi connectivity index (χ3v) is 5.48. The summed E-state index contributed by atoms with van der Waals surface area (Å²) in [5, 5.41) is 3.47. The molecular formula is C12H18NO3PS. The van der Waals surface area contributed by atoms with Crippen LogP contribution < -0.4 is 5.32 Å². The maximum atomic E-state index is 10.7. The van der Waals surface area contributed by atoms with Crippen LogP contribution in [-0.4, -0.2) is 22.1 Å². The maximum absolute atomic E-state index is 10.7. The van der Waals surface area contributed by atoms with E-state index in [1.54, 1.807) is 0 Å². The summed E-state index contributed by atoms with van der Waals surface area (Å²) in [4.78, 5) is 17.5. The Morgan fingerprint density at radius 3 is 2.94 bits per heavy atom. The van der Waals surface area contributed by atoms with Crippen molar-refractivity contribution in [3.05, 3.63) is 35.4 Å². The van der Waals surface area contributed by atoms with Gasteiger partial charge >= 0.3 is 6.80 Å². The van der Waals surface area contributed by atoms with Crippen molar-refractivity contribution in [2.45, 2.75) is 25.3 Å². The molecule has 1 aliphatic rings. The van der Waals surface area contributed by atoms with Gasteiger partial charge in [-0.15, -0.1) is 0 Å². The summed E-state index contributed by atoms with van der Waals surface area (Å²) >= 11 is 0.742. The van der Waals surface area contributed by atoms with Crippen LogP contribution >= 0.6 is 18.2 Å². The first-order valence-corrected chi connectivity index (χ1v) is 9.28. The van der Waals surface area contributed by atoms with Crippen molar-refractivity contribution in [1.82, 2.24) is 5.32 Å². The molecule has 6 heteroatoms. The molecule has 0 aliphatic carbocycles. The molecule has 4 nitrogen and oxygen atoms in total. The average Bonchev–Trinajstić information content (AvgIpc) is 2.33. The topological polar surface area (TPSA) is 69.6 Å². The first kappa shape index (κ1) is 14.1. The van der Waals surface area contributed by atoms with Gasteiger partial charge in [0.15, 0.2) is 0 Å². The lowest BCUT2D eigenvalue weighted by molar-refractivity contribution is 0.396. The Balaban J connectivity index is 1.86. The molecule has 1 aliphatic heterocycles. The van der Waals surface area contributed by atoms with Crippen LogP contribution in [0.3, 0.4) is 0 Å².